The van der Waals surface area contributed by atoms with Gasteiger partial charge in [-0.05, 0) is 68.3 Å². The van der Waals surface area contributed by atoms with E-state index in [2.05, 4.69) is 9.44 Å². The van der Waals surface area contributed by atoms with Gasteiger partial charge in [0, 0.05) is 5.69 Å². The highest BCUT2D eigenvalue weighted by Crippen LogP contribution is 2.27. The Kier molecular flexibility index (Phi) is 6.12. The third kappa shape index (κ3) is 4.77. The average Bonchev–Trinajstić information content (AvgIpc) is 2.62. The molecule has 0 atom stereocenters. The van der Waals surface area contributed by atoms with Crippen LogP contribution in [0.3, 0.4) is 0 Å². The van der Waals surface area contributed by atoms with Crippen molar-refractivity contribution < 1.29 is 16.8 Å². The highest BCUT2D eigenvalue weighted by Gasteiger charge is 2.21. The topological polar surface area (TPSA) is 92.3 Å². The first-order valence-corrected chi connectivity index (χ1v) is 12.3. The molecule has 3 aromatic rings. The van der Waals surface area contributed by atoms with Crippen molar-refractivity contribution in [3.63, 3.8) is 0 Å². The molecule has 6 nitrogen and oxygen atoms in total. The Balaban J connectivity index is 1.85. The lowest BCUT2D eigenvalue weighted by Crippen LogP contribution is -2.16. The number of nitrogens with one attached hydrogen (secondary N) is 2. The molecule has 0 radical (unpaired) electrons. The lowest BCUT2D eigenvalue weighted by Gasteiger charge is -2.14. The van der Waals surface area contributed by atoms with Crippen LogP contribution in [0.25, 0.3) is 0 Å². The molecule has 9 heteroatoms. The molecule has 0 aliphatic heterocycles. The van der Waals surface area contributed by atoms with Gasteiger partial charge in [0.1, 0.15) is 0 Å². The van der Waals surface area contributed by atoms with Crippen molar-refractivity contribution in [2.45, 2.75) is 30.6 Å². The van der Waals surface area contributed by atoms with Crippen LogP contribution in [0.2, 0.25) is 5.02 Å². The number of benzene rings is 3. The van der Waals surface area contributed by atoms with Crippen molar-refractivity contribution in [1.82, 2.24) is 0 Å². The third-order valence-electron chi connectivity index (χ3n) is 4.41. The minimum absolute atomic E-state index is 0.0203. The molecule has 0 spiro atoms. The van der Waals surface area contributed by atoms with Gasteiger partial charge in [0.05, 0.1) is 20.5 Å². The van der Waals surface area contributed by atoms with Crippen molar-refractivity contribution >= 4 is 43.0 Å². The van der Waals surface area contributed by atoms with E-state index in [1.54, 1.807) is 50.2 Å². The van der Waals surface area contributed by atoms with Crippen molar-refractivity contribution in [1.29, 1.82) is 0 Å². The highest BCUT2D eigenvalue weighted by molar-refractivity contribution is 7.93. The first kappa shape index (κ1) is 22.1. The summed E-state index contributed by atoms with van der Waals surface area (Å²) in [6.07, 6.45) is 0. The molecule has 0 aromatic heterocycles. The number of anilines is 2. The first-order valence-electron chi connectivity index (χ1n) is 8.98. The predicted molar refractivity (Wildman–Crippen MR) is 120 cm³/mol. The summed E-state index contributed by atoms with van der Waals surface area (Å²) in [7, 11) is -7.70. The van der Waals surface area contributed by atoms with Crippen LogP contribution in [0.1, 0.15) is 16.7 Å². The Morgan fingerprint density at radius 3 is 1.87 bits per heavy atom. The fourth-order valence-electron chi connectivity index (χ4n) is 3.25. The van der Waals surface area contributed by atoms with Gasteiger partial charge in [0.15, 0.2) is 0 Å². The Morgan fingerprint density at radius 1 is 0.733 bits per heavy atom. The fraction of sp³-hybridized carbons (Fsp3) is 0.143. The maximum absolute atomic E-state index is 12.9. The molecular formula is C21H21ClN2O4S2. The quantitative estimate of drug-likeness (QED) is 0.544. The third-order valence-corrected chi connectivity index (χ3v) is 7.81. The Bertz CT molecular complexity index is 1280. The number of hydrogen-bond acceptors (Lipinski definition) is 4. The molecule has 3 aromatic carbocycles. The second kappa shape index (κ2) is 8.29. The Labute approximate surface area is 182 Å². The molecule has 0 unspecified atom stereocenters. The van der Waals surface area contributed by atoms with Crippen LogP contribution in [-0.2, 0) is 20.0 Å². The number of aryl methyl sites for hydroxylation is 3. The van der Waals surface area contributed by atoms with Crippen LogP contribution in [-0.4, -0.2) is 16.8 Å². The maximum atomic E-state index is 12.9. The molecule has 158 valence electrons. The summed E-state index contributed by atoms with van der Waals surface area (Å²) in [5, 5.41) is 0.272. The first-order chi connectivity index (χ1) is 14.0. The number of sulfonamides is 2. The number of rotatable bonds is 6. The van der Waals surface area contributed by atoms with E-state index in [1.165, 1.54) is 24.3 Å². The van der Waals surface area contributed by atoms with Crippen molar-refractivity contribution in [3.05, 3.63) is 82.4 Å². The summed E-state index contributed by atoms with van der Waals surface area (Å²) in [4.78, 5) is 0.193. The van der Waals surface area contributed by atoms with Crippen LogP contribution >= 0.6 is 11.6 Å². The number of para-hydroxylation sites is 1. The summed E-state index contributed by atoms with van der Waals surface area (Å²) >= 11 is 6.01. The van der Waals surface area contributed by atoms with E-state index < -0.39 is 20.0 Å². The van der Waals surface area contributed by atoms with Crippen LogP contribution in [0.4, 0.5) is 11.4 Å². The van der Waals surface area contributed by atoms with Gasteiger partial charge in [-0.3, -0.25) is 9.44 Å². The zero-order valence-electron chi connectivity index (χ0n) is 16.6. The molecule has 0 amide bonds. The fourth-order valence-corrected chi connectivity index (χ4v) is 6.08. The molecule has 0 fully saturated rings. The van der Waals surface area contributed by atoms with Crippen molar-refractivity contribution in [2.75, 3.05) is 9.44 Å². The largest absolute Gasteiger partial charge is 0.280 e. The molecule has 0 saturated heterocycles. The van der Waals surface area contributed by atoms with Gasteiger partial charge in [-0.1, -0.05) is 41.4 Å². The van der Waals surface area contributed by atoms with E-state index in [1.807, 2.05) is 6.92 Å². The number of halogens is 1. The second-order valence-corrected chi connectivity index (χ2v) is 10.7. The molecule has 0 bridgehead atoms. The zero-order valence-corrected chi connectivity index (χ0v) is 19.0. The van der Waals surface area contributed by atoms with E-state index in [4.69, 9.17) is 11.6 Å². The highest BCUT2D eigenvalue weighted by atomic mass is 35.5. The maximum Gasteiger partial charge on any atom is 0.262 e. The summed E-state index contributed by atoms with van der Waals surface area (Å²) in [6, 6.07) is 15.5. The molecule has 2 N–H and O–H groups in total. The normalized spacial score (nSPS) is 11.9. The van der Waals surface area contributed by atoms with Gasteiger partial charge >= 0.3 is 0 Å². The lowest BCUT2D eigenvalue weighted by molar-refractivity contribution is 0.599. The van der Waals surface area contributed by atoms with Gasteiger partial charge in [-0.25, -0.2) is 16.8 Å². The van der Waals surface area contributed by atoms with E-state index in [-0.39, 0.29) is 26.2 Å². The van der Waals surface area contributed by atoms with E-state index in [0.717, 1.165) is 5.56 Å². The van der Waals surface area contributed by atoms with Crippen LogP contribution in [0.15, 0.2) is 70.5 Å². The SMILES string of the molecule is Cc1cc(C)c(S(=O)(=O)Nc2ccc(S(=O)(=O)Nc3ccccc3Cl)cc2)c(C)c1. The van der Waals surface area contributed by atoms with Crippen LogP contribution in [0.5, 0.6) is 0 Å². The molecule has 0 aliphatic carbocycles. The van der Waals surface area contributed by atoms with Gasteiger partial charge in [-0.15, -0.1) is 0 Å². The van der Waals surface area contributed by atoms with E-state index in [9.17, 15) is 16.8 Å². The van der Waals surface area contributed by atoms with Gasteiger partial charge < -0.3 is 0 Å². The van der Waals surface area contributed by atoms with Crippen LogP contribution in [0, 0.1) is 20.8 Å². The average molecular weight is 465 g/mol. The van der Waals surface area contributed by atoms with E-state index in [0.29, 0.717) is 11.1 Å². The van der Waals surface area contributed by atoms with E-state index >= 15 is 0 Å². The summed E-state index contributed by atoms with van der Waals surface area (Å²) in [5.74, 6) is 0. The summed E-state index contributed by atoms with van der Waals surface area (Å²) in [5.41, 5.74) is 2.77. The summed E-state index contributed by atoms with van der Waals surface area (Å²) in [6.45, 7) is 5.38. The van der Waals surface area contributed by atoms with Crippen LogP contribution < -0.4 is 9.44 Å². The van der Waals surface area contributed by atoms with Gasteiger partial charge in [0.25, 0.3) is 20.0 Å². The Hall–Kier alpha value is -2.55. The monoisotopic (exact) mass is 464 g/mol. The zero-order chi connectivity index (χ0) is 22.1. The molecular weight excluding hydrogens is 444 g/mol. The molecule has 30 heavy (non-hydrogen) atoms. The minimum Gasteiger partial charge on any atom is -0.280 e. The van der Waals surface area contributed by atoms with Gasteiger partial charge in [-0.2, -0.15) is 0 Å². The molecule has 0 heterocycles. The molecule has 3 rings (SSSR count). The number of hydrogen-bond donors (Lipinski definition) is 2. The Morgan fingerprint density at radius 2 is 1.30 bits per heavy atom. The summed E-state index contributed by atoms with van der Waals surface area (Å²) < 4.78 is 55.8. The molecule has 0 aliphatic rings. The van der Waals surface area contributed by atoms with Crippen molar-refractivity contribution in [2.24, 2.45) is 0 Å². The van der Waals surface area contributed by atoms with Gasteiger partial charge in [0.2, 0.25) is 0 Å². The second-order valence-electron chi connectivity index (χ2n) is 6.94. The van der Waals surface area contributed by atoms with Crippen molar-refractivity contribution in [3.8, 4) is 0 Å². The lowest BCUT2D eigenvalue weighted by atomic mass is 10.1. The standard InChI is InChI=1S/C21H21ClN2O4S2/c1-14-12-15(2)21(16(3)13-14)30(27,28)23-17-8-10-18(11-9-17)29(25,26)24-20-7-5-4-6-19(20)22/h4-13,23-24H,1-3H3. The minimum atomic E-state index is -3.88. The molecule has 0 saturated carbocycles. The predicted octanol–water partition coefficient (Wildman–Crippen LogP) is 4.87. The smallest absolute Gasteiger partial charge is 0.262 e.